The molecular formula is C20H24N2O. The normalized spacial score (nSPS) is 13.6. The minimum Gasteiger partial charge on any atom is -0.371 e. The van der Waals surface area contributed by atoms with Gasteiger partial charge in [-0.2, -0.15) is 0 Å². The van der Waals surface area contributed by atoms with Crippen molar-refractivity contribution in [2.45, 2.75) is 33.1 Å². The van der Waals surface area contributed by atoms with Crippen LogP contribution in [-0.4, -0.2) is 19.0 Å². The molecule has 23 heavy (non-hydrogen) atoms. The Labute approximate surface area is 138 Å². The largest absolute Gasteiger partial charge is 0.371 e. The molecule has 0 unspecified atom stereocenters. The van der Waals surface area contributed by atoms with E-state index in [9.17, 15) is 4.79 Å². The zero-order chi connectivity index (χ0) is 16.2. The van der Waals surface area contributed by atoms with Crippen molar-refractivity contribution >= 4 is 17.3 Å². The number of carbonyl (C=O) groups is 1. The number of anilines is 2. The molecule has 1 aliphatic heterocycles. The van der Waals surface area contributed by atoms with Crippen LogP contribution in [-0.2, 0) is 11.2 Å². The zero-order valence-electron chi connectivity index (χ0n) is 13.9. The Balaban J connectivity index is 1.58. The summed E-state index contributed by atoms with van der Waals surface area (Å²) in [4.78, 5) is 14.6. The molecule has 1 heterocycles. The first-order valence-electron chi connectivity index (χ1n) is 8.33. The minimum atomic E-state index is 0.0799. The third kappa shape index (κ3) is 3.73. The molecule has 3 rings (SSSR count). The number of fused-ring (bicyclic) bond motifs is 1. The van der Waals surface area contributed by atoms with Crippen molar-refractivity contribution in [2.75, 3.05) is 23.3 Å². The van der Waals surface area contributed by atoms with Gasteiger partial charge >= 0.3 is 0 Å². The van der Waals surface area contributed by atoms with Crippen LogP contribution in [0.1, 0.15) is 29.5 Å². The Bertz CT molecular complexity index is 709. The van der Waals surface area contributed by atoms with Crippen LogP contribution in [0.5, 0.6) is 0 Å². The number of rotatable bonds is 4. The van der Waals surface area contributed by atoms with E-state index in [-0.39, 0.29) is 5.91 Å². The third-order valence-electron chi connectivity index (χ3n) is 4.61. The van der Waals surface area contributed by atoms with E-state index < -0.39 is 0 Å². The number of benzene rings is 2. The third-order valence-corrected chi connectivity index (χ3v) is 4.61. The predicted octanol–water partition coefficient (Wildman–Crippen LogP) is 4.08. The molecule has 1 aliphatic rings. The summed E-state index contributed by atoms with van der Waals surface area (Å²) in [5, 5.41) is 3.01. The lowest BCUT2D eigenvalue weighted by molar-refractivity contribution is -0.116. The fourth-order valence-corrected chi connectivity index (χ4v) is 3.12. The van der Waals surface area contributed by atoms with Crippen molar-refractivity contribution in [2.24, 2.45) is 0 Å². The van der Waals surface area contributed by atoms with Gasteiger partial charge in [0.15, 0.2) is 0 Å². The summed E-state index contributed by atoms with van der Waals surface area (Å²) in [6.45, 7) is 5.95. The molecular weight excluding hydrogens is 284 g/mol. The summed E-state index contributed by atoms with van der Waals surface area (Å²) in [6.07, 6.45) is 2.82. The smallest absolute Gasteiger partial charge is 0.226 e. The molecule has 3 heteroatoms. The van der Waals surface area contributed by atoms with Crippen LogP contribution in [0.3, 0.4) is 0 Å². The molecule has 0 aliphatic carbocycles. The van der Waals surface area contributed by atoms with E-state index in [1.54, 1.807) is 0 Å². The Morgan fingerprint density at radius 2 is 1.96 bits per heavy atom. The van der Waals surface area contributed by atoms with E-state index in [1.165, 1.54) is 22.4 Å². The van der Waals surface area contributed by atoms with Gasteiger partial charge in [0.2, 0.25) is 5.91 Å². The second kappa shape index (κ2) is 6.86. The zero-order valence-corrected chi connectivity index (χ0v) is 13.9. The number of amides is 1. The van der Waals surface area contributed by atoms with E-state index in [0.717, 1.165) is 31.6 Å². The summed E-state index contributed by atoms with van der Waals surface area (Å²) in [5.74, 6) is 0.0799. The van der Waals surface area contributed by atoms with Gasteiger partial charge in [-0.05, 0) is 61.6 Å². The van der Waals surface area contributed by atoms with Crippen LogP contribution < -0.4 is 10.2 Å². The van der Waals surface area contributed by atoms with E-state index in [1.807, 2.05) is 18.2 Å². The average Bonchev–Trinajstić information content (AvgIpc) is 2.56. The highest BCUT2D eigenvalue weighted by molar-refractivity contribution is 5.91. The fraction of sp³-hybridized carbons (Fsp3) is 0.350. The molecule has 2 aromatic rings. The Morgan fingerprint density at radius 1 is 1.13 bits per heavy atom. The highest BCUT2D eigenvalue weighted by Gasteiger charge is 2.16. The molecule has 120 valence electrons. The van der Waals surface area contributed by atoms with Crippen LogP contribution in [0.25, 0.3) is 0 Å². The second-order valence-electron chi connectivity index (χ2n) is 6.32. The molecule has 0 aromatic heterocycles. The van der Waals surface area contributed by atoms with E-state index in [0.29, 0.717) is 6.42 Å². The topological polar surface area (TPSA) is 32.3 Å². The van der Waals surface area contributed by atoms with Crippen LogP contribution in [0, 0.1) is 13.8 Å². The van der Waals surface area contributed by atoms with Gasteiger partial charge in [0.1, 0.15) is 0 Å². The van der Waals surface area contributed by atoms with E-state index in [4.69, 9.17) is 0 Å². The first-order valence-corrected chi connectivity index (χ1v) is 8.33. The fourth-order valence-electron chi connectivity index (χ4n) is 3.12. The average molecular weight is 308 g/mol. The lowest BCUT2D eigenvalue weighted by atomic mass is 10.0. The van der Waals surface area contributed by atoms with Crippen molar-refractivity contribution in [3.63, 3.8) is 0 Å². The van der Waals surface area contributed by atoms with Gasteiger partial charge in [0.25, 0.3) is 0 Å². The SMILES string of the molecule is Cc1ccc(NC(=O)CCN2CCCc3ccccc32)cc1C. The number of nitrogens with one attached hydrogen (secondary N) is 1. The number of hydrogen-bond acceptors (Lipinski definition) is 2. The maximum absolute atomic E-state index is 12.2. The molecule has 0 fully saturated rings. The van der Waals surface area contributed by atoms with Crippen molar-refractivity contribution < 1.29 is 4.79 Å². The van der Waals surface area contributed by atoms with Crippen molar-refractivity contribution in [3.05, 3.63) is 59.2 Å². The number of para-hydroxylation sites is 1. The molecule has 0 bridgehead atoms. The summed E-state index contributed by atoms with van der Waals surface area (Å²) in [5.41, 5.74) is 6.02. The van der Waals surface area contributed by atoms with Gasteiger partial charge < -0.3 is 10.2 Å². The lowest BCUT2D eigenvalue weighted by Crippen LogP contribution is -2.32. The summed E-state index contributed by atoms with van der Waals surface area (Å²) in [6, 6.07) is 14.6. The predicted molar refractivity (Wildman–Crippen MR) is 96.1 cm³/mol. The molecule has 0 spiro atoms. The first-order chi connectivity index (χ1) is 11.1. The summed E-state index contributed by atoms with van der Waals surface area (Å²) < 4.78 is 0. The first kappa shape index (κ1) is 15.6. The molecule has 0 saturated heterocycles. The minimum absolute atomic E-state index is 0.0799. The number of nitrogens with zero attached hydrogens (tertiary/aromatic N) is 1. The van der Waals surface area contributed by atoms with Crippen molar-refractivity contribution in [1.29, 1.82) is 0 Å². The Kier molecular flexibility index (Phi) is 4.65. The van der Waals surface area contributed by atoms with Crippen molar-refractivity contribution in [3.8, 4) is 0 Å². The van der Waals surface area contributed by atoms with Crippen LogP contribution in [0.2, 0.25) is 0 Å². The standard InChI is InChI=1S/C20H24N2O/c1-15-9-10-18(14-16(15)2)21-20(23)11-13-22-12-5-7-17-6-3-4-8-19(17)22/h3-4,6,8-10,14H,5,7,11-13H2,1-2H3,(H,21,23). The maximum atomic E-state index is 12.2. The van der Waals surface area contributed by atoms with E-state index >= 15 is 0 Å². The Morgan fingerprint density at radius 3 is 2.78 bits per heavy atom. The molecule has 1 amide bonds. The van der Waals surface area contributed by atoms with Gasteiger partial charge in [0.05, 0.1) is 0 Å². The molecule has 0 radical (unpaired) electrons. The molecule has 2 aromatic carbocycles. The quantitative estimate of drug-likeness (QED) is 0.923. The van der Waals surface area contributed by atoms with Gasteiger partial charge in [0, 0.05) is 30.9 Å². The van der Waals surface area contributed by atoms with Gasteiger partial charge in [-0.15, -0.1) is 0 Å². The second-order valence-corrected chi connectivity index (χ2v) is 6.32. The van der Waals surface area contributed by atoms with Crippen molar-refractivity contribution in [1.82, 2.24) is 0 Å². The van der Waals surface area contributed by atoms with Crippen LogP contribution in [0.4, 0.5) is 11.4 Å². The maximum Gasteiger partial charge on any atom is 0.226 e. The highest BCUT2D eigenvalue weighted by atomic mass is 16.1. The van der Waals surface area contributed by atoms with Crippen LogP contribution >= 0.6 is 0 Å². The number of hydrogen-bond donors (Lipinski definition) is 1. The number of aryl methyl sites for hydroxylation is 3. The molecule has 1 N–H and O–H groups in total. The molecule has 0 atom stereocenters. The lowest BCUT2D eigenvalue weighted by Gasteiger charge is -2.31. The monoisotopic (exact) mass is 308 g/mol. The molecule has 3 nitrogen and oxygen atoms in total. The number of carbonyl (C=O) groups excluding carboxylic acids is 1. The van der Waals surface area contributed by atoms with Gasteiger partial charge in [-0.25, -0.2) is 0 Å². The summed E-state index contributed by atoms with van der Waals surface area (Å²) in [7, 11) is 0. The van der Waals surface area contributed by atoms with Gasteiger partial charge in [-0.1, -0.05) is 24.3 Å². The Hall–Kier alpha value is -2.29. The van der Waals surface area contributed by atoms with Crippen LogP contribution in [0.15, 0.2) is 42.5 Å². The van der Waals surface area contributed by atoms with E-state index in [2.05, 4.69) is 48.3 Å². The van der Waals surface area contributed by atoms with Gasteiger partial charge in [-0.3, -0.25) is 4.79 Å². The highest BCUT2D eigenvalue weighted by Crippen LogP contribution is 2.26. The summed E-state index contributed by atoms with van der Waals surface area (Å²) >= 11 is 0. The molecule has 0 saturated carbocycles.